The van der Waals surface area contributed by atoms with Gasteiger partial charge in [0.05, 0.1) is 5.75 Å². The summed E-state index contributed by atoms with van der Waals surface area (Å²) in [6, 6.07) is 0. The maximum Gasteiger partial charge on any atom is 0.230 e. The average Bonchev–Trinajstić information content (AvgIpc) is 2.67. The van der Waals surface area contributed by atoms with Crippen molar-refractivity contribution < 1.29 is 9.59 Å². The van der Waals surface area contributed by atoms with Crippen molar-refractivity contribution in [1.82, 2.24) is 25.8 Å². The second-order valence-electron chi connectivity index (χ2n) is 3.12. The number of anilines is 1. The van der Waals surface area contributed by atoms with Crippen LogP contribution in [0.3, 0.4) is 0 Å². The van der Waals surface area contributed by atoms with E-state index in [0.29, 0.717) is 18.2 Å². The first-order valence-electron chi connectivity index (χ1n) is 4.89. The third-order valence-electron chi connectivity index (χ3n) is 1.64. The lowest BCUT2D eigenvalue weighted by Gasteiger charge is -2.04. The largest absolute Gasteiger partial charge is 0.368 e. The lowest BCUT2D eigenvalue weighted by Crippen LogP contribution is -2.34. The topological polar surface area (TPSA) is 126 Å². The van der Waals surface area contributed by atoms with Gasteiger partial charge in [-0.25, -0.2) is 5.10 Å². The standard InChI is InChI=1S/C8H14N6O2S/c1-5(15)10-2-3-11-6(16)4-17-8-12-7(9)13-14-8/h2-4H2,1H3,(H,10,15)(H,11,16)(H3,9,12,13,14). The van der Waals surface area contributed by atoms with E-state index in [9.17, 15) is 9.59 Å². The summed E-state index contributed by atoms with van der Waals surface area (Å²) in [6.45, 7) is 2.24. The second kappa shape index (κ2) is 6.74. The first-order chi connectivity index (χ1) is 8.08. The van der Waals surface area contributed by atoms with E-state index in [1.165, 1.54) is 18.7 Å². The molecule has 94 valence electrons. The molecule has 0 aliphatic rings. The molecule has 0 spiro atoms. The Morgan fingerprint density at radius 1 is 1.41 bits per heavy atom. The predicted octanol–water partition coefficient (Wildman–Crippen LogP) is -1.27. The van der Waals surface area contributed by atoms with Crippen molar-refractivity contribution in [2.75, 3.05) is 24.6 Å². The van der Waals surface area contributed by atoms with Crippen LogP contribution < -0.4 is 16.4 Å². The molecule has 0 saturated heterocycles. The summed E-state index contributed by atoms with van der Waals surface area (Å²) in [5.74, 6) is 0.157. The van der Waals surface area contributed by atoms with E-state index in [4.69, 9.17) is 5.73 Å². The molecule has 0 radical (unpaired) electrons. The van der Waals surface area contributed by atoms with E-state index in [0.717, 1.165) is 0 Å². The van der Waals surface area contributed by atoms with E-state index in [1.807, 2.05) is 0 Å². The van der Waals surface area contributed by atoms with Gasteiger partial charge in [0.25, 0.3) is 0 Å². The van der Waals surface area contributed by atoms with Crippen molar-refractivity contribution >= 4 is 29.5 Å². The molecule has 0 aliphatic heterocycles. The zero-order chi connectivity index (χ0) is 12.7. The Bertz CT molecular complexity index is 393. The molecule has 9 heteroatoms. The monoisotopic (exact) mass is 258 g/mol. The summed E-state index contributed by atoms with van der Waals surface area (Å²) in [6.07, 6.45) is 0. The molecule has 1 heterocycles. The number of rotatable bonds is 6. The minimum absolute atomic E-state index is 0.121. The number of carbonyl (C=O) groups is 2. The van der Waals surface area contributed by atoms with E-state index >= 15 is 0 Å². The van der Waals surface area contributed by atoms with Gasteiger partial charge in [-0.15, -0.1) is 5.10 Å². The van der Waals surface area contributed by atoms with Crippen molar-refractivity contribution in [2.45, 2.75) is 12.1 Å². The number of thioether (sulfide) groups is 1. The summed E-state index contributed by atoms with van der Waals surface area (Å²) in [7, 11) is 0. The third-order valence-corrected chi connectivity index (χ3v) is 2.48. The Morgan fingerprint density at radius 3 is 2.71 bits per heavy atom. The molecule has 5 N–H and O–H groups in total. The maximum absolute atomic E-state index is 11.3. The smallest absolute Gasteiger partial charge is 0.230 e. The van der Waals surface area contributed by atoms with Crippen molar-refractivity contribution in [1.29, 1.82) is 0 Å². The zero-order valence-corrected chi connectivity index (χ0v) is 10.1. The Labute approximate surface area is 102 Å². The number of hydrogen-bond acceptors (Lipinski definition) is 6. The molecule has 1 aromatic rings. The predicted molar refractivity (Wildman–Crippen MR) is 63.2 cm³/mol. The number of nitrogens with one attached hydrogen (secondary N) is 3. The minimum Gasteiger partial charge on any atom is -0.368 e. The van der Waals surface area contributed by atoms with Gasteiger partial charge in [-0.2, -0.15) is 4.98 Å². The zero-order valence-electron chi connectivity index (χ0n) is 9.32. The van der Waals surface area contributed by atoms with Crippen LogP contribution in [0.25, 0.3) is 0 Å². The van der Waals surface area contributed by atoms with Crippen LogP contribution in [0.5, 0.6) is 0 Å². The summed E-state index contributed by atoms with van der Waals surface area (Å²) < 4.78 is 0. The van der Waals surface area contributed by atoms with E-state index in [1.54, 1.807) is 0 Å². The highest BCUT2D eigenvalue weighted by Gasteiger charge is 2.05. The molecule has 1 aromatic heterocycles. The van der Waals surface area contributed by atoms with Gasteiger partial charge in [-0.05, 0) is 0 Å². The lowest BCUT2D eigenvalue weighted by atomic mass is 10.5. The van der Waals surface area contributed by atoms with E-state index in [-0.39, 0.29) is 23.5 Å². The summed E-state index contributed by atoms with van der Waals surface area (Å²) in [4.78, 5) is 25.7. The number of aromatic amines is 1. The van der Waals surface area contributed by atoms with Crippen LogP contribution in [0.15, 0.2) is 5.16 Å². The molecule has 2 amide bonds. The second-order valence-corrected chi connectivity index (χ2v) is 4.07. The Kier molecular flexibility index (Phi) is 5.27. The van der Waals surface area contributed by atoms with Gasteiger partial charge in [0.1, 0.15) is 0 Å². The van der Waals surface area contributed by atoms with Gasteiger partial charge < -0.3 is 16.4 Å². The molecule has 0 unspecified atom stereocenters. The highest BCUT2D eigenvalue weighted by atomic mass is 32.2. The van der Waals surface area contributed by atoms with Crippen LogP contribution >= 0.6 is 11.8 Å². The molecular weight excluding hydrogens is 244 g/mol. The summed E-state index contributed by atoms with van der Waals surface area (Å²) in [5.41, 5.74) is 5.33. The molecule has 8 nitrogen and oxygen atoms in total. The fourth-order valence-corrected chi connectivity index (χ4v) is 1.58. The SMILES string of the molecule is CC(=O)NCCNC(=O)CSc1n[nH]c(N)n1. The maximum atomic E-state index is 11.3. The van der Waals surface area contributed by atoms with Gasteiger partial charge in [0.15, 0.2) is 0 Å². The van der Waals surface area contributed by atoms with Crippen molar-refractivity contribution in [3.63, 3.8) is 0 Å². The number of hydrogen-bond donors (Lipinski definition) is 4. The number of nitrogen functional groups attached to an aromatic ring is 1. The first kappa shape index (κ1) is 13.3. The van der Waals surface area contributed by atoms with Gasteiger partial charge in [0.2, 0.25) is 22.9 Å². The fourth-order valence-electron chi connectivity index (χ4n) is 0.944. The van der Waals surface area contributed by atoms with Crippen LogP contribution in [0.2, 0.25) is 0 Å². The van der Waals surface area contributed by atoms with Gasteiger partial charge in [-0.3, -0.25) is 9.59 Å². The normalized spacial score (nSPS) is 9.94. The quantitative estimate of drug-likeness (QED) is 0.372. The van der Waals surface area contributed by atoms with E-state index < -0.39 is 0 Å². The molecule has 0 aliphatic carbocycles. The molecule has 0 atom stereocenters. The molecule has 0 bridgehead atoms. The lowest BCUT2D eigenvalue weighted by molar-refractivity contribution is -0.120. The molecule has 0 aromatic carbocycles. The minimum atomic E-state index is -0.149. The third kappa shape index (κ3) is 5.76. The average molecular weight is 258 g/mol. The molecule has 0 saturated carbocycles. The van der Waals surface area contributed by atoms with Crippen molar-refractivity contribution in [2.24, 2.45) is 0 Å². The summed E-state index contributed by atoms with van der Waals surface area (Å²) in [5, 5.41) is 11.9. The number of aromatic nitrogens is 3. The molecule has 17 heavy (non-hydrogen) atoms. The highest BCUT2D eigenvalue weighted by Crippen LogP contribution is 2.11. The van der Waals surface area contributed by atoms with Crippen LogP contribution in [-0.4, -0.2) is 45.8 Å². The van der Waals surface area contributed by atoms with Crippen molar-refractivity contribution in [3.8, 4) is 0 Å². The van der Waals surface area contributed by atoms with Crippen LogP contribution in [0.1, 0.15) is 6.92 Å². The van der Waals surface area contributed by atoms with Crippen LogP contribution in [0.4, 0.5) is 5.95 Å². The number of carbonyl (C=O) groups excluding carboxylic acids is 2. The number of amides is 2. The number of H-pyrrole nitrogens is 1. The van der Waals surface area contributed by atoms with Gasteiger partial charge in [-0.1, -0.05) is 11.8 Å². The summed E-state index contributed by atoms with van der Waals surface area (Å²) >= 11 is 1.18. The highest BCUT2D eigenvalue weighted by molar-refractivity contribution is 7.99. The number of nitrogens with zero attached hydrogens (tertiary/aromatic N) is 2. The van der Waals surface area contributed by atoms with Gasteiger partial charge >= 0.3 is 0 Å². The Balaban J connectivity index is 2.11. The number of nitrogens with two attached hydrogens (primary N) is 1. The van der Waals surface area contributed by atoms with Crippen LogP contribution in [0, 0.1) is 0 Å². The Morgan fingerprint density at radius 2 is 2.12 bits per heavy atom. The molecule has 1 rings (SSSR count). The fraction of sp³-hybridized carbons (Fsp3) is 0.500. The molecule has 0 fully saturated rings. The van der Waals surface area contributed by atoms with Crippen LogP contribution in [-0.2, 0) is 9.59 Å². The first-order valence-corrected chi connectivity index (χ1v) is 5.88. The molecular formula is C8H14N6O2S. The van der Waals surface area contributed by atoms with E-state index in [2.05, 4.69) is 25.8 Å². The Hall–Kier alpha value is -1.77. The van der Waals surface area contributed by atoms with Crippen molar-refractivity contribution in [3.05, 3.63) is 0 Å². The van der Waals surface area contributed by atoms with Gasteiger partial charge in [0, 0.05) is 20.0 Å².